The van der Waals surface area contributed by atoms with Crippen LogP contribution in [0.15, 0.2) is 0 Å². The Morgan fingerprint density at radius 1 is 0.967 bits per heavy atom. The van der Waals surface area contributed by atoms with Crippen LogP contribution < -0.4 is 22.1 Å². The van der Waals surface area contributed by atoms with Gasteiger partial charge in [-0.1, -0.05) is 19.8 Å². The average molecular weight is 429 g/mol. The van der Waals surface area contributed by atoms with E-state index in [1.165, 1.54) is 0 Å². The number of amides is 2. The fraction of sp³-hybridized carbons (Fsp3) is 0.857. The van der Waals surface area contributed by atoms with E-state index in [4.69, 9.17) is 11.5 Å². The molecule has 0 saturated heterocycles. The Morgan fingerprint density at radius 2 is 1.60 bits per heavy atom. The van der Waals surface area contributed by atoms with Crippen molar-refractivity contribution >= 4 is 17.8 Å². The quantitative estimate of drug-likeness (QED) is 0.220. The van der Waals surface area contributed by atoms with Crippen molar-refractivity contribution in [1.82, 2.24) is 10.6 Å². The molecule has 9 nitrogen and oxygen atoms in total. The molecule has 3 atom stereocenters. The van der Waals surface area contributed by atoms with E-state index in [0.717, 1.165) is 25.7 Å². The Balaban J connectivity index is 2.79. The van der Waals surface area contributed by atoms with Crippen LogP contribution in [-0.4, -0.2) is 58.8 Å². The highest BCUT2D eigenvalue weighted by atomic mass is 16.4. The maximum atomic E-state index is 12.9. The molecule has 9 heteroatoms. The van der Waals surface area contributed by atoms with Crippen LogP contribution >= 0.6 is 0 Å². The van der Waals surface area contributed by atoms with Gasteiger partial charge in [0.15, 0.2) is 0 Å². The third kappa shape index (κ3) is 9.86. The van der Waals surface area contributed by atoms with Crippen molar-refractivity contribution < 1.29 is 24.6 Å². The summed E-state index contributed by atoms with van der Waals surface area (Å²) in [5, 5.41) is 24.5. The molecule has 0 radical (unpaired) electrons. The summed E-state index contributed by atoms with van der Waals surface area (Å²) >= 11 is 0. The van der Waals surface area contributed by atoms with Crippen LogP contribution in [0.4, 0.5) is 0 Å². The van der Waals surface area contributed by atoms with Gasteiger partial charge in [-0.25, -0.2) is 4.79 Å². The Hall–Kier alpha value is -1.71. The fourth-order valence-corrected chi connectivity index (χ4v) is 3.80. The molecule has 0 aromatic rings. The predicted molar refractivity (Wildman–Crippen MR) is 114 cm³/mol. The average Bonchev–Trinajstić information content (AvgIpc) is 2.72. The fourth-order valence-electron chi connectivity index (χ4n) is 3.80. The number of carbonyl (C=O) groups excluding carboxylic acids is 2. The first-order valence-electron chi connectivity index (χ1n) is 11.3. The summed E-state index contributed by atoms with van der Waals surface area (Å²) in [4.78, 5) is 36.9. The number of nitrogens with one attached hydrogen (secondary N) is 2. The highest BCUT2D eigenvalue weighted by Gasteiger charge is 2.31. The van der Waals surface area contributed by atoms with E-state index in [9.17, 15) is 24.6 Å². The Kier molecular flexibility index (Phi) is 12.6. The van der Waals surface area contributed by atoms with Crippen molar-refractivity contribution in [3.8, 4) is 0 Å². The predicted octanol–water partition coefficient (Wildman–Crippen LogP) is 0.628. The summed E-state index contributed by atoms with van der Waals surface area (Å²) < 4.78 is 0. The van der Waals surface area contributed by atoms with Gasteiger partial charge in [0.05, 0.1) is 12.1 Å². The van der Waals surface area contributed by atoms with Gasteiger partial charge in [-0.3, -0.25) is 9.59 Å². The molecule has 1 rings (SSSR count). The van der Waals surface area contributed by atoms with Gasteiger partial charge in [-0.15, -0.1) is 0 Å². The van der Waals surface area contributed by atoms with Crippen molar-refractivity contribution in [3.63, 3.8) is 0 Å². The summed E-state index contributed by atoms with van der Waals surface area (Å²) in [6.07, 6.45) is 6.76. The van der Waals surface area contributed by atoms with Crippen LogP contribution in [0.1, 0.15) is 77.6 Å². The van der Waals surface area contributed by atoms with Crippen molar-refractivity contribution in [1.29, 1.82) is 0 Å². The second kappa shape index (κ2) is 14.3. The topological polar surface area (TPSA) is 168 Å². The van der Waals surface area contributed by atoms with Crippen LogP contribution in [0.3, 0.4) is 0 Å². The second-order valence-corrected chi connectivity index (χ2v) is 8.40. The molecule has 1 aliphatic carbocycles. The number of rotatable bonds is 14. The number of unbranched alkanes of at least 4 members (excludes halogenated alkanes) is 2. The van der Waals surface area contributed by atoms with Crippen molar-refractivity contribution in [2.45, 2.75) is 102 Å². The molecule has 0 aliphatic heterocycles. The lowest BCUT2D eigenvalue weighted by Crippen LogP contribution is -2.55. The second-order valence-electron chi connectivity index (χ2n) is 8.40. The van der Waals surface area contributed by atoms with E-state index in [-0.39, 0.29) is 18.4 Å². The number of carboxylic acids is 1. The monoisotopic (exact) mass is 428 g/mol. The van der Waals surface area contributed by atoms with Crippen molar-refractivity contribution in [2.24, 2.45) is 17.4 Å². The van der Waals surface area contributed by atoms with Gasteiger partial charge in [-0.05, 0) is 70.3 Å². The SMILES string of the molecule is CCCC[C@@H](N)C(=O)N[C@@H](CC1CCC(O)CC1)C(=O)N[C@@H](CCCCN)C(=O)O. The van der Waals surface area contributed by atoms with Gasteiger partial charge in [-0.2, -0.15) is 0 Å². The molecule has 0 spiro atoms. The lowest BCUT2D eigenvalue weighted by Gasteiger charge is -2.30. The molecular formula is C21H40N4O5. The van der Waals surface area contributed by atoms with Crippen LogP contribution in [0, 0.1) is 5.92 Å². The van der Waals surface area contributed by atoms with Crippen molar-refractivity contribution in [2.75, 3.05) is 6.54 Å². The third-order valence-corrected chi connectivity index (χ3v) is 5.79. The van der Waals surface area contributed by atoms with Crippen LogP contribution in [0.2, 0.25) is 0 Å². The molecule has 0 unspecified atom stereocenters. The molecule has 8 N–H and O–H groups in total. The summed E-state index contributed by atoms with van der Waals surface area (Å²) in [5.74, 6) is -1.82. The maximum absolute atomic E-state index is 12.9. The van der Waals surface area contributed by atoms with E-state index >= 15 is 0 Å². The number of hydrogen-bond acceptors (Lipinski definition) is 6. The Labute approximate surface area is 179 Å². The molecule has 1 saturated carbocycles. The number of carbonyl (C=O) groups is 3. The molecule has 0 bridgehead atoms. The first kappa shape index (κ1) is 26.3. The number of nitrogens with two attached hydrogens (primary N) is 2. The number of aliphatic hydroxyl groups excluding tert-OH is 1. The van der Waals surface area contributed by atoms with E-state index in [0.29, 0.717) is 45.1 Å². The van der Waals surface area contributed by atoms with Crippen LogP contribution in [0.25, 0.3) is 0 Å². The molecule has 1 aliphatic rings. The summed E-state index contributed by atoms with van der Waals surface area (Å²) in [6, 6.07) is -2.57. The van der Waals surface area contributed by atoms with E-state index in [1.54, 1.807) is 0 Å². The zero-order valence-electron chi connectivity index (χ0n) is 18.1. The summed E-state index contributed by atoms with van der Waals surface area (Å²) in [6.45, 7) is 2.47. The summed E-state index contributed by atoms with van der Waals surface area (Å²) in [7, 11) is 0. The molecule has 174 valence electrons. The third-order valence-electron chi connectivity index (χ3n) is 5.79. The van der Waals surface area contributed by atoms with Gasteiger partial charge in [0.25, 0.3) is 0 Å². The molecule has 0 heterocycles. The zero-order chi connectivity index (χ0) is 22.5. The van der Waals surface area contributed by atoms with Gasteiger partial charge in [0, 0.05) is 0 Å². The van der Waals surface area contributed by atoms with E-state index in [2.05, 4.69) is 10.6 Å². The smallest absolute Gasteiger partial charge is 0.326 e. The van der Waals surface area contributed by atoms with Gasteiger partial charge < -0.3 is 32.3 Å². The largest absolute Gasteiger partial charge is 0.480 e. The molecular weight excluding hydrogens is 388 g/mol. The highest BCUT2D eigenvalue weighted by Crippen LogP contribution is 2.28. The van der Waals surface area contributed by atoms with Crippen molar-refractivity contribution in [3.05, 3.63) is 0 Å². The number of carboxylic acid groups (broad SMARTS) is 1. The Morgan fingerprint density at radius 3 is 2.17 bits per heavy atom. The molecule has 0 aromatic heterocycles. The van der Waals surface area contributed by atoms with Crippen LogP contribution in [-0.2, 0) is 14.4 Å². The number of aliphatic hydroxyl groups is 1. The summed E-state index contributed by atoms with van der Waals surface area (Å²) in [5.41, 5.74) is 11.4. The first-order chi connectivity index (χ1) is 14.3. The zero-order valence-corrected chi connectivity index (χ0v) is 18.1. The normalized spacial score (nSPS) is 22.0. The lowest BCUT2D eigenvalue weighted by atomic mass is 9.83. The molecule has 30 heavy (non-hydrogen) atoms. The standard InChI is InChI=1S/C21H40N4O5/c1-2-3-6-16(23)19(27)25-18(13-14-8-10-15(26)11-9-14)20(28)24-17(21(29)30)7-4-5-12-22/h14-18,26H,2-13,22-23H2,1H3,(H,24,28)(H,25,27)(H,29,30)/t14?,15?,16-,17+,18+/m1/s1. The number of hydrogen-bond donors (Lipinski definition) is 6. The maximum Gasteiger partial charge on any atom is 0.326 e. The first-order valence-corrected chi connectivity index (χ1v) is 11.3. The molecule has 2 amide bonds. The lowest BCUT2D eigenvalue weighted by molar-refractivity contribution is -0.142. The minimum Gasteiger partial charge on any atom is -0.480 e. The minimum absolute atomic E-state index is 0.178. The van der Waals surface area contributed by atoms with Gasteiger partial charge >= 0.3 is 5.97 Å². The number of aliphatic carboxylic acids is 1. The molecule has 0 aromatic carbocycles. The van der Waals surface area contributed by atoms with Gasteiger partial charge in [0.2, 0.25) is 11.8 Å². The highest BCUT2D eigenvalue weighted by molar-refractivity contribution is 5.91. The minimum atomic E-state index is -1.11. The van der Waals surface area contributed by atoms with E-state index < -0.39 is 35.9 Å². The van der Waals surface area contributed by atoms with Gasteiger partial charge in [0.1, 0.15) is 12.1 Å². The molecule has 1 fully saturated rings. The Bertz CT molecular complexity index is 537. The van der Waals surface area contributed by atoms with E-state index in [1.807, 2.05) is 6.92 Å². The van der Waals surface area contributed by atoms with Crippen LogP contribution in [0.5, 0.6) is 0 Å².